The number of carbonyl (C=O) groups excluding carboxylic acids is 1. The molecule has 5 rings (SSSR count). The van der Waals surface area contributed by atoms with Crippen molar-refractivity contribution < 1.29 is 9.53 Å². The molecule has 0 saturated carbocycles. The Bertz CT molecular complexity index is 1320. The van der Waals surface area contributed by atoms with E-state index in [1.54, 1.807) is 12.1 Å². The smallest absolute Gasteiger partial charge is 0.255 e. The van der Waals surface area contributed by atoms with Gasteiger partial charge in [0.1, 0.15) is 18.0 Å². The summed E-state index contributed by atoms with van der Waals surface area (Å²) in [5.41, 5.74) is 5.45. The average Bonchev–Trinajstić information content (AvgIpc) is 3.27. The molecule has 1 aliphatic heterocycles. The number of fused-ring (bicyclic) bond motifs is 1. The van der Waals surface area contributed by atoms with Gasteiger partial charge in [-0.15, -0.1) is 0 Å². The summed E-state index contributed by atoms with van der Waals surface area (Å²) >= 11 is 0. The largest absolute Gasteiger partial charge is 0.487 e. The van der Waals surface area contributed by atoms with Crippen molar-refractivity contribution >= 4 is 17.2 Å². The minimum atomic E-state index is -0.157. The fraction of sp³-hybridized carbons (Fsp3) is 0.286. The maximum atomic E-state index is 12.9. The summed E-state index contributed by atoms with van der Waals surface area (Å²) in [7, 11) is 2.16. The van der Waals surface area contributed by atoms with E-state index in [0.29, 0.717) is 17.9 Å². The summed E-state index contributed by atoms with van der Waals surface area (Å²) in [6, 6.07) is 19.4. The predicted octanol–water partition coefficient (Wildman–Crippen LogP) is 4.22. The standard InChI is InChI=1S/C28H31N5O2/c1-21-9-10-27-29-25(19-33(27)17-21)20-35-26-8-4-6-23(16-26)28(34)30-24-7-3-5-22(15-24)18-32-13-11-31(2)12-14-32/h3-10,15-17,19H,11-14,18,20H2,1-2H3,(H,30,34). The number of anilines is 1. The van der Waals surface area contributed by atoms with Crippen LogP contribution in [0.4, 0.5) is 5.69 Å². The van der Waals surface area contributed by atoms with Crippen molar-refractivity contribution in [3.05, 3.63) is 95.4 Å². The number of piperazine rings is 1. The number of aryl methyl sites for hydroxylation is 1. The van der Waals surface area contributed by atoms with Crippen LogP contribution >= 0.6 is 0 Å². The second-order valence-corrected chi connectivity index (χ2v) is 9.25. The molecule has 3 heterocycles. The summed E-state index contributed by atoms with van der Waals surface area (Å²) in [5.74, 6) is 0.477. The number of nitrogens with zero attached hydrogens (tertiary/aromatic N) is 4. The van der Waals surface area contributed by atoms with Gasteiger partial charge in [-0.25, -0.2) is 4.98 Å². The quantitative estimate of drug-likeness (QED) is 0.439. The van der Waals surface area contributed by atoms with Gasteiger partial charge in [-0.05, 0) is 61.5 Å². The highest BCUT2D eigenvalue weighted by Gasteiger charge is 2.14. The third-order valence-electron chi connectivity index (χ3n) is 6.32. The normalized spacial score (nSPS) is 14.8. The van der Waals surface area contributed by atoms with Crippen LogP contribution in [0.3, 0.4) is 0 Å². The highest BCUT2D eigenvalue weighted by atomic mass is 16.5. The fourth-order valence-electron chi connectivity index (χ4n) is 4.32. The second-order valence-electron chi connectivity index (χ2n) is 9.25. The zero-order chi connectivity index (χ0) is 24.2. The van der Waals surface area contributed by atoms with Gasteiger partial charge in [0.25, 0.3) is 5.91 Å². The van der Waals surface area contributed by atoms with Crippen LogP contribution in [0.25, 0.3) is 5.65 Å². The van der Waals surface area contributed by atoms with Gasteiger partial charge in [0, 0.05) is 56.4 Å². The van der Waals surface area contributed by atoms with Crippen molar-refractivity contribution in [1.29, 1.82) is 0 Å². The Morgan fingerprint density at radius 1 is 1.00 bits per heavy atom. The van der Waals surface area contributed by atoms with Gasteiger partial charge in [0.05, 0.1) is 5.69 Å². The number of nitrogens with one attached hydrogen (secondary N) is 1. The number of hydrogen-bond acceptors (Lipinski definition) is 5. The summed E-state index contributed by atoms with van der Waals surface area (Å²) in [6.45, 7) is 7.58. The van der Waals surface area contributed by atoms with E-state index in [1.807, 2.05) is 53.2 Å². The zero-order valence-electron chi connectivity index (χ0n) is 20.3. The van der Waals surface area contributed by atoms with E-state index in [1.165, 1.54) is 11.1 Å². The molecule has 1 fully saturated rings. The maximum absolute atomic E-state index is 12.9. The number of carbonyl (C=O) groups is 1. The predicted molar refractivity (Wildman–Crippen MR) is 138 cm³/mol. The molecule has 1 saturated heterocycles. The van der Waals surface area contributed by atoms with E-state index < -0.39 is 0 Å². The molecule has 0 atom stereocenters. The fourth-order valence-corrected chi connectivity index (χ4v) is 4.32. The molecule has 2 aromatic heterocycles. The van der Waals surface area contributed by atoms with E-state index in [-0.39, 0.29) is 5.91 Å². The Morgan fingerprint density at radius 2 is 1.83 bits per heavy atom. The number of benzene rings is 2. The molecule has 0 spiro atoms. The van der Waals surface area contributed by atoms with Crippen molar-refractivity contribution in [2.45, 2.75) is 20.1 Å². The van der Waals surface area contributed by atoms with Gasteiger partial charge >= 0.3 is 0 Å². The number of imidazole rings is 1. The van der Waals surface area contributed by atoms with Crippen LogP contribution in [0.5, 0.6) is 5.75 Å². The summed E-state index contributed by atoms with van der Waals surface area (Å²) in [5, 5.41) is 3.03. The van der Waals surface area contributed by atoms with E-state index in [4.69, 9.17) is 4.74 Å². The summed E-state index contributed by atoms with van der Waals surface area (Å²) in [6.07, 6.45) is 4.00. The Kier molecular flexibility index (Phi) is 6.79. The van der Waals surface area contributed by atoms with E-state index in [2.05, 4.69) is 46.2 Å². The van der Waals surface area contributed by atoms with Crippen LogP contribution in [0.1, 0.15) is 27.2 Å². The number of aromatic nitrogens is 2. The SMILES string of the molecule is Cc1ccc2nc(COc3cccc(C(=O)Nc4cccc(CN5CCN(C)CC5)c4)c3)cn2c1. The van der Waals surface area contributed by atoms with E-state index >= 15 is 0 Å². The monoisotopic (exact) mass is 469 g/mol. The first-order chi connectivity index (χ1) is 17.0. The molecule has 0 unspecified atom stereocenters. The molecule has 4 aromatic rings. The first-order valence-corrected chi connectivity index (χ1v) is 12.0. The van der Waals surface area contributed by atoms with Crippen LogP contribution in [-0.4, -0.2) is 58.3 Å². The molecular weight excluding hydrogens is 438 g/mol. The lowest BCUT2D eigenvalue weighted by atomic mass is 10.1. The number of rotatable bonds is 7. The van der Waals surface area contributed by atoms with Crippen LogP contribution in [0, 0.1) is 6.92 Å². The molecule has 0 radical (unpaired) electrons. The Balaban J connectivity index is 1.20. The number of ether oxygens (including phenoxy) is 1. The van der Waals surface area contributed by atoms with Crippen LogP contribution in [0.15, 0.2) is 73.1 Å². The topological polar surface area (TPSA) is 62.1 Å². The molecule has 1 N–H and O–H groups in total. The molecular formula is C28H31N5O2. The molecule has 0 aliphatic carbocycles. The van der Waals surface area contributed by atoms with Gasteiger partial charge in [-0.1, -0.05) is 24.3 Å². The molecule has 0 bridgehead atoms. The third-order valence-corrected chi connectivity index (χ3v) is 6.32. The molecule has 7 nitrogen and oxygen atoms in total. The summed E-state index contributed by atoms with van der Waals surface area (Å²) < 4.78 is 7.94. The first kappa shape index (κ1) is 23.1. The lowest BCUT2D eigenvalue weighted by Gasteiger charge is -2.32. The minimum Gasteiger partial charge on any atom is -0.487 e. The lowest BCUT2D eigenvalue weighted by Crippen LogP contribution is -2.43. The molecule has 35 heavy (non-hydrogen) atoms. The number of likely N-dealkylation sites (N-methyl/N-ethyl adjacent to an activating group) is 1. The first-order valence-electron chi connectivity index (χ1n) is 12.0. The zero-order valence-corrected chi connectivity index (χ0v) is 20.3. The third kappa shape index (κ3) is 5.88. The van der Waals surface area contributed by atoms with Crippen molar-refractivity contribution in [3.63, 3.8) is 0 Å². The molecule has 7 heteroatoms. The minimum absolute atomic E-state index is 0.157. The second kappa shape index (κ2) is 10.3. The molecule has 1 amide bonds. The Labute approximate surface area is 206 Å². The van der Waals surface area contributed by atoms with Crippen molar-refractivity contribution in [2.75, 3.05) is 38.5 Å². The van der Waals surface area contributed by atoms with Gasteiger partial charge in [-0.2, -0.15) is 0 Å². The lowest BCUT2D eigenvalue weighted by molar-refractivity contribution is 0.102. The van der Waals surface area contributed by atoms with E-state index in [0.717, 1.165) is 49.8 Å². The van der Waals surface area contributed by atoms with Gasteiger partial charge in [0.15, 0.2) is 0 Å². The Morgan fingerprint density at radius 3 is 2.69 bits per heavy atom. The van der Waals surface area contributed by atoms with Gasteiger partial charge < -0.3 is 19.4 Å². The van der Waals surface area contributed by atoms with E-state index in [9.17, 15) is 4.79 Å². The van der Waals surface area contributed by atoms with Crippen LogP contribution < -0.4 is 10.1 Å². The van der Waals surface area contributed by atoms with Crippen molar-refractivity contribution in [3.8, 4) is 5.75 Å². The average molecular weight is 470 g/mol. The number of hydrogen-bond donors (Lipinski definition) is 1. The van der Waals surface area contributed by atoms with Crippen molar-refractivity contribution in [1.82, 2.24) is 19.2 Å². The highest BCUT2D eigenvalue weighted by molar-refractivity contribution is 6.04. The van der Waals surface area contributed by atoms with Crippen molar-refractivity contribution in [2.24, 2.45) is 0 Å². The van der Waals surface area contributed by atoms with Crippen LogP contribution in [0.2, 0.25) is 0 Å². The van der Waals surface area contributed by atoms with Gasteiger partial charge in [0.2, 0.25) is 0 Å². The maximum Gasteiger partial charge on any atom is 0.255 e. The molecule has 180 valence electrons. The van der Waals surface area contributed by atoms with Gasteiger partial charge in [-0.3, -0.25) is 9.69 Å². The molecule has 1 aliphatic rings. The highest BCUT2D eigenvalue weighted by Crippen LogP contribution is 2.19. The number of pyridine rings is 1. The summed E-state index contributed by atoms with van der Waals surface area (Å²) in [4.78, 5) is 22.3. The molecule has 2 aromatic carbocycles. The Hall–Kier alpha value is -3.68. The number of amides is 1. The van der Waals surface area contributed by atoms with Crippen LogP contribution in [-0.2, 0) is 13.2 Å².